The summed E-state index contributed by atoms with van der Waals surface area (Å²) in [5.74, 6) is 1.58. The molecule has 0 amide bonds. The van der Waals surface area contributed by atoms with Gasteiger partial charge in [0.15, 0.2) is 0 Å². The van der Waals surface area contributed by atoms with Gasteiger partial charge >= 0.3 is 0 Å². The van der Waals surface area contributed by atoms with Crippen molar-refractivity contribution in [2.24, 2.45) is 0 Å². The molecule has 0 saturated heterocycles. The minimum Gasteiger partial charge on any atom is -0.338 e. The molecule has 3 nitrogen and oxygen atoms in total. The Morgan fingerprint density at radius 2 is 1.41 bits per heavy atom. The molecular formula is C26H25N3. The number of pyridine rings is 1. The van der Waals surface area contributed by atoms with Gasteiger partial charge in [-0.2, -0.15) is 0 Å². The molecule has 1 fully saturated rings. The minimum atomic E-state index is 0.742. The summed E-state index contributed by atoms with van der Waals surface area (Å²) in [6.07, 6.45) is 10.6. The Morgan fingerprint density at radius 3 is 2.14 bits per heavy atom. The van der Waals surface area contributed by atoms with Crippen molar-refractivity contribution in [3.05, 3.63) is 84.7 Å². The first-order chi connectivity index (χ1) is 14.4. The van der Waals surface area contributed by atoms with Crippen LogP contribution in [0.2, 0.25) is 0 Å². The highest BCUT2D eigenvalue weighted by molar-refractivity contribution is 5.66. The quantitative estimate of drug-likeness (QED) is 0.421. The summed E-state index contributed by atoms with van der Waals surface area (Å²) in [7, 11) is 0. The van der Waals surface area contributed by atoms with E-state index in [0.29, 0.717) is 0 Å². The first-order valence-corrected chi connectivity index (χ1v) is 10.5. The molecule has 1 aliphatic rings. The summed E-state index contributed by atoms with van der Waals surface area (Å²) < 4.78 is 0. The maximum atomic E-state index is 4.69. The SMILES string of the molecule is c1ccc(-c2cnc(-c3ccc(-c4ccc(C5CCCCC5)cc4)nc3)[nH]2)cc1. The Kier molecular flexibility index (Phi) is 4.95. The Balaban J connectivity index is 1.33. The van der Waals surface area contributed by atoms with Crippen molar-refractivity contribution in [3.8, 4) is 33.9 Å². The first-order valence-electron chi connectivity index (χ1n) is 10.5. The van der Waals surface area contributed by atoms with E-state index in [1.54, 1.807) is 0 Å². The van der Waals surface area contributed by atoms with Gasteiger partial charge in [-0.05, 0) is 42.0 Å². The second kappa shape index (κ2) is 8.04. The number of aromatic amines is 1. The standard InChI is InChI=1S/C26H25N3/c1-3-7-19(8-4-1)20-11-13-22(14-12-20)24-16-15-23(17-27-24)26-28-18-25(29-26)21-9-5-2-6-10-21/h2,5-6,9-19H,1,3-4,7-8H2,(H,28,29). The van der Waals surface area contributed by atoms with Gasteiger partial charge in [-0.25, -0.2) is 4.98 Å². The molecule has 0 atom stereocenters. The van der Waals surface area contributed by atoms with Crippen LogP contribution in [0.15, 0.2) is 79.1 Å². The molecule has 1 aliphatic carbocycles. The molecule has 4 aromatic rings. The van der Waals surface area contributed by atoms with Gasteiger partial charge in [-0.1, -0.05) is 73.9 Å². The van der Waals surface area contributed by atoms with Gasteiger partial charge in [-0.15, -0.1) is 0 Å². The number of nitrogens with one attached hydrogen (secondary N) is 1. The van der Waals surface area contributed by atoms with E-state index < -0.39 is 0 Å². The lowest BCUT2D eigenvalue weighted by Gasteiger charge is -2.22. The monoisotopic (exact) mass is 379 g/mol. The van der Waals surface area contributed by atoms with E-state index in [9.17, 15) is 0 Å². The Labute approximate surface area is 171 Å². The summed E-state index contributed by atoms with van der Waals surface area (Å²) in [5.41, 5.74) is 6.79. The predicted molar refractivity (Wildman–Crippen MR) is 119 cm³/mol. The molecule has 1 saturated carbocycles. The summed E-state index contributed by atoms with van der Waals surface area (Å²) in [6, 6.07) is 23.4. The van der Waals surface area contributed by atoms with E-state index >= 15 is 0 Å². The van der Waals surface area contributed by atoms with E-state index in [1.165, 1.54) is 43.2 Å². The molecule has 2 aromatic carbocycles. The highest BCUT2D eigenvalue weighted by Gasteiger charge is 2.15. The van der Waals surface area contributed by atoms with E-state index in [4.69, 9.17) is 0 Å². The molecule has 144 valence electrons. The highest BCUT2D eigenvalue weighted by atomic mass is 14.9. The molecule has 0 unspecified atom stereocenters. The number of nitrogens with zero attached hydrogens (tertiary/aromatic N) is 2. The average molecular weight is 380 g/mol. The number of benzene rings is 2. The summed E-state index contributed by atoms with van der Waals surface area (Å²) in [6.45, 7) is 0. The van der Waals surface area contributed by atoms with Crippen molar-refractivity contribution >= 4 is 0 Å². The van der Waals surface area contributed by atoms with E-state index in [0.717, 1.165) is 34.3 Å². The van der Waals surface area contributed by atoms with Crippen LogP contribution < -0.4 is 0 Å². The minimum absolute atomic E-state index is 0.742. The van der Waals surface area contributed by atoms with Gasteiger partial charge in [0.2, 0.25) is 0 Å². The number of hydrogen-bond donors (Lipinski definition) is 1. The number of imidazole rings is 1. The number of aromatic nitrogens is 3. The molecule has 2 heterocycles. The van der Waals surface area contributed by atoms with E-state index in [2.05, 4.69) is 63.5 Å². The van der Waals surface area contributed by atoms with Crippen LogP contribution in [0, 0.1) is 0 Å². The van der Waals surface area contributed by atoms with Crippen LogP contribution >= 0.6 is 0 Å². The summed E-state index contributed by atoms with van der Waals surface area (Å²) >= 11 is 0. The van der Waals surface area contributed by atoms with Crippen molar-refractivity contribution < 1.29 is 0 Å². The molecule has 29 heavy (non-hydrogen) atoms. The maximum Gasteiger partial charge on any atom is 0.139 e. The lowest BCUT2D eigenvalue weighted by Crippen LogP contribution is -2.04. The second-order valence-corrected chi connectivity index (χ2v) is 7.90. The van der Waals surface area contributed by atoms with Crippen molar-refractivity contribution in [2.75, 3.05) is 0 Å². The summed E-state index contributed by atoms with van der Waals surface area (Å²) in [4.78, 5) is 12.6. The summed E-state index contributed by atoms with van der Waals surface area (Å²) in [5, 5.41) is 0. The molecule has 0 bridgehead atoms. The lowest BCUT2D eigenvalue weighted by atomic mass is 9.84. The van der Waals surface area contributed by atoms with E-state index in [1.807, 2.05) is 30.6 Å². The third kappa shape index (κ3) is 3.86. The Bertz CT molecular complexity index is 1060. The van der Waals surface area contributed by atoms with Crippen LogP contribution in [0.3, 0.4) is 0 Å². The maximum absolute atomic E-state index is 4.69. The van der Waals surface area contributed by atoms with Crippen molar-refractivity contribution in [3.63, 3.8) is 0 Å². The fraction of sp³-hybridized carbons (Fsp3) is 0.231. The molecule has 0 spiro atoms. The fourth-order valence-corrected chi connectivity index (χ4v) is 4.30. The van der Waals surface area contributed by atoms with Gasteiger partial charge < -0.3 is 4.98 Å². The smallest absolute Gasteiger partial charge is 0.139 e. The third-order valence-corrected chi connectivity index (χ3v) is 5.98. The average Bonchev–Trinajstić information content (AvgIpc) is 3.31. The zero-order valence-corrected chi connectivity index (χ0v) is 16.5. The van der Waals surface area contributed by atoms with Crippen LogP contribution in [0.1, 0.15) is 43.6 Å². The van der Waals surface area contributed by atoms with Crippen molar-refractivity contribution in [1.29, 1.82) is 0 Å². The Hall–Kier alpha value is -3.20. The van der Waals surface area contributed by atoms with Gasteiger partial charge in [0, 0.05) is 17.3 Å². The van der Waals surface area contributed by atoms with Crippen LogP contribution in [0.4, 0.5) is 0 Å². The van der Waals surface area contributed by atoms with E-state index in [-0.39, 0.29) is 0 Å². The van der Waals surface area contributed by atoms with Gasteiger partial charge in [-0.3, -0.25) is 4.98 Å². The van der Waals surface area contributed by atoms with Crippen LogP contribution in [0.5, 0.6) is 0 Å². The van der Waals surface area contributed by atoms with Crippen LogP contribution in [-0.4, -0.2) is 15.0 Å². The van der Waals surface area contributed by atoms with Crippen molar-refractivity contribution in [2.45, 2.75) is 38.0 Å². The largest absolute Gasteiger partial charge is 0.338 e. The van der Waals surface area contributed by atoms with Gasteiger partial charge in [0.25, 0.3) is 0 Å². The Morgan fingerprint density at radius 1 is 0.655 bits per heavy atom. The topological polar surface area (TPSA) is 41.6 Å². The lowest BCUT2D eigenvalue weighted by molar-refractivity contribution is 0.443. The van der Waals surface area contributed by atoms with Crippen molar-refractivity contribution in [1.82, 2.24) is 15.0 Å². The number of hydrogen-bond acceptors (Lipinski definition) is 2. The molecule has 0 radical (unpaired) electrons. The highest BCUT2D eigenvalue weighted by Crippen LogP contribution is 2.33. The molecular weight excluding hydrogens is 354 g/mol. The fourth-order valence-electron chi connectivity index (χ4n) is 4.30. The molecule has 5 rings (SSSR count). The number of H-pyrrole nitrogens is 1. The van der Waals surface area contributed by atoms with Crippen LogP contribution in [0.25, 0.3) is 33.9 Å². The molecule has 2 aromatic heterocycles. The predicted octanol–water partition coefficient (Wildman–Crippen LogP) is 6.85. The van der Waals surface area contributed by atoms with Gasteiger partial charge in [0.05, 0.1) is 17.6 Å². The number of rotatable bonds is 4. The third-order valence-electron chi connectivity index (χ3n) is 5.98. The zero-order valence-electron chi connectivity index (χ0n) is 16.5. The second-order valence-electron chi connectivity index (χ2n) is 7.90. The molecule has 3 heteroatoms. The molecule has 0 aliphatic heterocycles. The van der Waals surface area contributed by atoms with Gasteiger partial charge in [0.1, 0.15) is 5.82 Å². The van der Waals surface area contributed by atoms with Crippen LogP contribution in [-0.2, 0) is 0 Å². The normalized spacial score (nSPS) is 14.8. The first kappa shape index (κ1) is 17.9. The zero-order chi connectivity index (χ0) is 19.5. The molecule has 1 N–H and O–H groups in total.